The summed E-state index contributed by atoms with van der Waals surface area (Å²) < 4.78 is 6.20. The number of carbonyl (C=O) groups excluding carboxylic acids is 1. The van der Waals surface area contributed by atoms with Gasteiger partial charge in [0.25, 0.3) is 5.91 Å². The van der Waals surface area contributed by atoms with Gasteiger partial charge in [0, 0.05) is 34.0 Å². The van der Waals surface area contributed by atoms with Gasteiger partial charge in [0.2, 0.25) is 11.7 Å². The summed E-state index contributed by atoms with van der Waals surface area (Å²) >= 11 is 3.32. The van der Waals surface area contributed by atoms with E-state index in [-0.39, 0.29) is 5.91 Å². The van der Waals surface area contributed by atoms with Gasteiger partial charge in [0.05, 0.1) is 5.56 Å². The van der Waals surface area contributed by atoms with Crippen LogP contribution in [0.25, 0.3) is 11.4 Å². The molecule has 0 radical (unpaired) electrons. The molecule has 3 aromatic rings. The lowest BCUT2D eigenvalue weighted by molar-refractivity contribution is 0.102. The van der Waals surface area contributed by atoms with Crippen LogP contribution in [0.1, 0.15) is 47.8 Å². The lowest BCUT2D eigenvalue weighted by Gasteiger charge is -2.06. The maximum absolute atomic E-state index is 12.4. The van der Waals surface area contributed by atoms with Crippen molar-refractivity contribution >= 4 is 27.5 Å². The zero-order valence-electron chi connectivity index (χ0n) is 14.0. The predicted octanol–water partition coefficient (Wildman–Crippen LogP) is 4.80. The van der Waals surface area contributed by atoms with Gasteiger partial charge in [0.1, 0.15) is 0 Å². The van der Waals surface area contributed by atoms with Crippen molar-refractivity contribution in [2.24, 2.45) is 0 Å². The molecule has 6 nitrogen and oxygen atoms in total. The van der Waals surface area contributed by atoms with E-state index in [0.717, 1.165) is 22.9 Å². The summed E-state index contributed by atoms with van der Waals surface area (Å²) in [5.41, 5.74) is 1.95. The third-order valence-corrected chi connectivity index (χ3v) is 4.93. The van der Waals surface area contributed by atoms with Gasteiger partial charge in [-0.15, -0.1) is 0 Å². The van der Waals surface area contributed by atoms with Crippen LogP contribution in [-0.2, 0) is 0 Å². The normalized spacial score (nSPS) is 14.5. The summed E-state index contributed by atoms with van der Waals surface area (Å²) in [4.78, 5) is 20.9. The standard InChI is InChI=1S/C19H17BrN4O2/c20-15-8-14(10-21-11-15)18(25)22-16-7-3-6-13(9-16)17-23-19(26-24-17)12-4-1-2-5-12/h3,6-12H,1-2,4-5H2,(H,22,25). The number of aromatic nitrogens is 3. The molecule has 4 rings (SSSR count). The Morgan fingerprint density at radius 3 is 2.85 bits per heavy atom. The van der Waals surface area contributed by atoms with E-state index in [1.165, 1.54) is 19.0 Å². The Hall–Kier alpha value is -2.54. The molecular formula is C19H17BrN4O2. The highest BCUT2D eigenvalue weighted by Gasteiger charge is 2.23. The van der Waals surface area contributed by atoms with Crippen molar-refractivity contribution in [1.29, 1.82) is 0 Å². The van der Waals surface area contributed by atoms with E-state index in [1.54, 1.807) is 12.3 Å². The number of amides is 1. The van der Waals surface area contributed by atoms with Crippen molar-refractivity contribution in [3.8, 4) is 11.4 Å². The smallest absolute Gasteiger partial charge is 0.257 e. The van der Waals surface area contributed by atoms with E-state index < -0.39 is 0 Å². The van der Waals surface area contributed by atoms with Crippen molar-refractivity contribution in [2.45, 2.75) is 31.6 Å². The zero-order valence-corrected chi connectivity index (χ0v) is 15.6. The highest BCUT2D eigenvalue weighted by atomic mass is 79.9. The van der Waals surface area contributed by atoms with Crippen LogP contribution in [0, 0.1) is 0 Å². The lowest BCUT2D eigenvalue weighted by atomic mass is 10.1. The Kier molecular flexibility index (Phi) is 4.79. The lowest BCUT2D eigenvalue weighted by Crippen LogP contribution is -2.12. The van der Waals surface area contributed by atoms with Gasteiger partial charge in [-0.1, -0.05) is 30.1 Å². The van der Waals surface area contributed by atoms with E-state index in [2.05, 4.69) is 36.4 Å². The molecule has 132 valence electrons. The molecule has 1 aromatic carbocycles. The average Bonchev–Trinajstić information content (AvgIpc) is 3.33. The SMILES string of the molecule is O=C(Nc1cccc(-c2noc(C3CCCC3)n2)c1)c1cncc(Br)c1. The Bertz CT molecular complexity index is 935. The molecular weight excluding hydrogens is 396 g/mol. The molecule has 0 bridgehead atoms. The summed E-state index contributed by atoms with van der Waals surface area (Å²) in [6.45, 7) is 0. The van der Waals surface area contributed by atoms with Crippen molar-refractivity contribution in [2.75, 3.05) is 5.32 Å². The van der Waals surface area contributed by atoms with Crippen LogP contribution in [-0.4, -0.2) is 21.0 Å². The third-order valence-electron chi connectivity index (χ3n) is 4.49. The maximum atomic E-state index is 12.4. The van der Waals surface area contributed by atoms with Gasteiger partial charge >= 0.3 is 0 Å². The van der Waals surface area contributed by atoms with E-state index in [0.29, 0.717) is 28.9 Å². The molecule has 1 fully saturated rings. The topological polar surface area (TPSA) is 80.9 Å². The molecule has 2 aromatic heterocycles. The number of pyridine rings is 1. The number of hydrogen-bond donors (Lipinski definition) is 1. The van der Waals surface area contributed by atoms with Gasteiger partial charge in [-0.25, -0.2) is 0 Å². The summed E-state index contributed by atoms with van der Waals surface area (Å²) in [5, 5.41) is 6.98. The molecule has 0 unspecified atom stereocenters. The largest absolute Gasteiger partial charge is 0.339 e. The molecule has 2 heterocycles. The van der Waals surface area contributed by atoms with Gasteiger partial charge in [0.15, 0.2) is 0 Å². The molecule has 0 spiro atoms. The van der Waals surface area contributed by atoms with Crippen LogP contribution < -0.4 is 5.32 Å². The third kappa shape index (κ3) is 3.67. The molecule has 26 heavy (non-hydrogen) atoms. The first kappa shape index (κ1) is 16.9. The second kappa shape index (κ2) is 7.37. The molecule has 0 saturated heterocycles. The molecule has 1 aliphatic carbocycles. The highest BCUT2D eigenvalue weighted by molar-refractivity contribution is 9.10. The van der Waals surface area contributed by atoms with Gasteiger partial charge in [-0.05, 0) is 47.0 Å². The fraction of sp³-hybridized carbons (Fsp3) is 0.263. The Morgan fingerprint density at radius 1 is 1.19 bits per heavy atom. The fourth-order valence-corrected chi connectivity index (χ4v) is 3.53. The maximum Gasteiger partial charge on any atom is 0.257 e. The predicted molar refractivity (Wildman–Crippen MR) is 101 cm³/mol. The van der Waals surface area contributed by atoms with E-state index in [4.69, 9.17) is 4.52 Å². The molecule has 0 aliphatic heterocycles. The molecule has 1 amide bonds. The summed E-state index contributed by atoms with van der Waals surface area (Å²) in [7, 11) is 0. The second-order valence-corrected chi connectivity index (χ2v) is 7.28. The van der Waals surface area contributed by atoms with Gasteiger partial charge < -0.3 is 9.84 Å². The molecule has 1 N–H and O–H groups in total. The number of halogens is 1. The van der Waals surface area contributed by atoms with Gasteiger partial charge in [-0.3, -0.25) is 9.78 Å². The van der Waals surface area contributed by atoms with Crippen LogP contribution in [0.2, 0.25) is 0 Å². The first-order valence-corrected chi connectivity index (χ1v) is 9.34. The monoisotopic (exact) mass is 412 g/mol. The second-order valence-electron chi connectivity index (χ2n) is 6.36. The van der Waals surface area contributed by atoms with Crippen molar-refractivity contribution in [1.82, 2.24) is 15.1 Å². The number of hydrogen-bond acceptors (Lipinski definition) is 5. The molecule has 7 heteroatoms. The number of benzene rings is 1. The van der Waals surface area contributed by atoms with Crippen molar-refractivity contribution in [3.05, 3.63) is 58.7 Å². The van der Waals surface area contributed by atoms with Crippen LogP contribution in [0.5, 0.6) is 0 Å². The first-order valence-electron chi connectivity index (χ1n) is 8.55. The van der Waals surface area contributed by atoms with E-state index in [9.17, 15) is 4.79 Å². The minimum atomic E-state index is -0.226. The summed E-state index contributed by atoms with van der Waals surface area (Å²) in [6.07, 6.45) is 7.81. The minimum Gasteiger partial charge on any atom is -0.339 e. The fourth-order valence-electron chi connectivity index (χ4n) is 3.17. The molecule has 1 saturated carbocycles. The van der Waals surface area contributed by atoms with Crippen molar-refractivity contribution < 1.29 is 9.32 Å². The number of rotatable bonds is 4. The molecule has 0 atom stereocenters. The number of nitrogens with zero attached hydrogens (tertiary/aromatic N) is 3. The van der Waals surface area contributed by atoms with Gasteiger partial charge in [-0.2, -0.15) is 4.98 Å². The van der Waals surface area contributed by atoms with Crippen LogP contribution in [0.4, 0.5) is 5.69 Å². The average molecular weight is 413 g/mol. The Morgan fingerprint density at radius 2 is 2.04 bits per heavy atom. The first-order chi connectivity index (χ1) is 12.7. The Labute approximate surface area is 159 Å². The van der Waals surface area contributed by atoms with Crippen LogP contribution in [0.3, 0.4) is 0 Å². The number of anilines is 1. The molecule has 1 aliphatic rings. The van der Waals surface area contributed by atoms with Crippen LogP contribution in [0.15, 0.2) is 51.7 Å². The highest BCUT2D eigenvalue weighted by Crippen LogP contribution is 2.34. The summed E-state index contributed by atoms with van der Waals surface area (Å²) in [6, 6.07) is 9.14. The van der Waals surface area contributed by atoms with Crippen molar-refractivity contribution in [3.63, 3.8) is 0 Å². The number of nitrogens with one attached hydrogen (secondary N) is 1. The van der Waals surface area contributed by atoms with E-state index >= 15 is 0 Å². The zero-order chi connectivity index (χ0) is 17.9. The van der Waals surface area contributed by atoms with E-state index in [1.807, 2.05) is 24.3 Å². The quantitative estimate of drug-likeness (QED) is 0.664. The number of carbonyl (C=O) groups is 1. The van der Waals surface area contributed by atoms with Crippen LogP contribution >= 0.6 is 15.9 Å². The minimum absolute atomic E-state index is 0.226. The summed E-state index contributed by atoms with van der Waals surface area (Å²) in [5.74, 6) is 1.41. The Balaban J connectivity index is 1.52.